The van der Waals surface area contributed by atoms with Crippen LogP contribution in [0.1, 0.15) is 16.1 Å². The van der Waals surface area contributed by atoms with Crippen LogP contribution in [0.4, 0.5) is 4.39 Å². The monoisotopic (exact) mass is 420 g/mol. The van der Waals surface area contributed by atoms with E-state index < -0.39 is 0 Å². The first kappa shape index (κ1) is 19.0. The van der Waals surface area contributed by atoms with Crippen LogP contribution >= 0.6 is 11.3 Å². The van der Waals surface area contributed by atoms with E-state index in [2.05, 4.69) is 34.1 Å². The largest absolute Gasteiger partial charge is 0.335 e. The summed E-state index contributed by atoms with van der Waals surface area (Å²) in [5, 5.41) is 1.87. The fraction of sp³-hybridized carbons (Fsp3) is 0.217. The standard InChI is InChI=1S/C23H21FN4OS/c24-19-8-6-18(7-9-19)20-15-28-21(16-30-23(28)25-20)22(29)27-12-10-26(11-13-27)14-17-4-2-1-3-5-17/h1-9,15-16H,10-14H2. The van der Waals surface area contributed by atoms with Crippen molar-refractivity contribution in [1.29, 1.82) is 0 Å². The van der Waals surface area contributed by atoms with Gasteiger partial charge in [0.2, 0.25) is 0 Å². The number of thiazole rings is 1. The Balaban J connectivity index is 1.29. The Hall–Kier alpha value is -3.03. The molecule has 5 nitrogen and oxygen atoms in total. The Kier molecular flexibility index (Phi) is 5.06. The fourth-order valence-electron chi connectivity index (χ4n) is 3.81. The van der Waals surface area contributed by atoms with E-state index in [1.807, 2.05) is 26.9 Å². The molecule has 0 radical (unpaired) electrons. The number of nitrogens with zero attached hydrogens (tertiary/aromatic N) is 4. The molecule has 2 aromatic heterocycles. The van der Waals surface area contributed by atoms with Crippen LogP contribution in [0.3, 0.4) is 0 Å². The van der Waals surface area contributed by atoms with Crippen LogP contribution in [0.2, 0.25) is 0 Å². The molecule has 1 amide bonds. The fourth-order valence-corrected chi connectivity index (χ4v) is 4.66. The van der Waals surface area contributed by atoms with Gasteiger partial charge in [0, 0.05) is 49.9 Å². The van der Waals surface area contributed by atoms with Crippen LogP contribution in [0.5, 0.6) is 0 Å². The summed E-state index contributed by atoms with van der Waals surface area (Å²) < 4.78 is 15.0. The number of aromatic nitrogens is 2. The number of hydrogen-bond acceptors (Lipinski definition) is 4. The lowest BCUT2D eigenvalue weighted by Crippen LogP contribution is -2.48. The maximum Gasteiger partial charge on any atom is 0.271 e. The molecule has 0 spiro atoms. The highest BCUT2D eigenvalue weighted by atomic mass is 32.1. The highest BCUT2D eigenvalue weighted by molar-refractivity contribution is 7.15. The molecule has 30 heavy (non-hydrogen) atoms. The molecule has 0 saturated carbocycles. The number of amides is 1. The molecular weight excluding hydrogens is 399 g/mol. The van der Waals surface area contributed by atoms with E-state index in [0.717, 1.165) is 35.9 Å². The quantitative estimate of drug-likeness (QED) is 0.498. The Morgan fingerprint density at radius 2 is 1.73 bits per heavy atom. The molecule has 1 aliphatic rings. The Morgan fingerprint density at radius 3 is 2.47 bits per heavy atom. The number of rotatable bonds is 4. The van der Waals surface area contributed by atoms with Gasteiger partial charge in [-0.3, -0.25) is 14.1 Å². The van der Waals surface area contributed by atoms with Gasteiger partial charge in [0.15, 0.2) is 4.96 Å². The number of imidazole rings is 1. The number of piperazine rings is 1. The lowest BCUT2D eigenvalue weighted by molar-refractivity contribution is 0.0622. The zero-order valence-electron chi connectivity index (χ0n) is 16.4. The van der Waals surface area contributed by atoms with Gasteiger partial charge in [0.05, 0.1) is 5.69 Å². The predicted octanol–water partition coefficient (Wildman–Crippen LogP) is 4.16. The van der Waals surface area contributed by atoms with E-state index in [4.69, 9.17) is 0 Å². The van der Waals surface area contributed by atoms with Crippen molar-refractivity contribution in [2.45, 2.75) is 6.54 Å². The van der Waals surface area contributed by atoms with Crippen molar-refractivity contribution >= 4 is 22.2 Å². The van der Waals surface area contributed by atoms with Crippen molar-refractivity contribution in [2.24, 2.45) is 0 Å². The average Bonchev–Trinajstić information content (AvgIpc) is 3.36. The van der Waals surface area contributed by atoms with Gasteiger partial charge in [-0.2, -0.15) is 0 Å². The summed E-state index contributed by atoms with van der Waals surface area (Å²) in [6.07, 6.45) is 1.86. The molecule has 1 aliphatic heterocycles. The molecule has 0 bridgehead atoms. The normalized spacial score (nSPS) is 15.0. The maximum atomic E-state index is 13.2. The van der Waals surface area contributed by atoms with Gasteiger partial charge in [0.1, 0.15) is 11.5 Å². The SMILES string of the molecule is O=C(c1csc2nc(-c3ccc(F)cc3)cn12)N1CCN(Cc2ccccc2)CC1. The number of fused-ring (bicyclic) bond motifs is 1. The molecular formula is C23H21FN4OS. The van der Waals surface area contributed by atoms with Gasteiger partial charge in [-0.1, -0.05) is 30.3 Å². The third kappa shape index (κ3) is 3.74. The van der Waals surface area contributed by atoms with Gasteiger partial charge in [0.25, 0.3) is 5.91 Å². The van der Waals surface area contributed by atoms with Crippen molar-refractivity contribution in [2.75, 3.05) is 26.2 Å². The Morgan fingerprint density at radius 1 is 1.00 bits per heavy atom. The molecule has 1 saturated heterocycles. The minimum Gasteiger partial charge on any atom is -0.335 e. The first-order chi connectivity index (χ1) is 14.7. The first-order valence-electron chi connectivity index (χ1n) is 9.95. The number of halogens is 1. The molecule has 0 unspecified atom stereocenters. The maximum absolute atomic E-state index is 13.2. The highest BCUT2D eigenvalue weighted by Crippen LogP contribution is 2.25. The molecule has 0 N–H and O–H groups in total. The van der Waals surface area contributed by atoms with Crippen LogP contribution in [0, 0.1) is 5.82 Å². The summed E-state index contributed by atoms with van der Waals surface area (Å²) in [7, 11) is 0. The number of hydrogen-bond donors (Lipinski definition) is 0. The molecule has 152 valence electrons. The van der Waals surface area contributed by atoms with E-state index in [0.29, 0.717) is 18.8 Å². The summed E-state index contributed by atoms with van der Waals surface area (Å²) in [5.41, 5.74) is 3.50. The zero-order chi connectivity index (χ0) is 20.5. The van der Waals surface area contributed by atoms with Crippen molar-refractivity contribution < 1.29 is 9.18 Å². The molecule has 1 fully saturated rings. The molecule has 3 heterocycles. The van der Waals surface area contributed by atoms with E-state index in [1.54, 1.807) is 12.1 Å². The van der Waals surface area contributed by atoms with Crippen molar-refractivity contribution in [3.63, 3.8) is 0 Å². The van der Waals surface area contributed by atoms with Gasteiger partial charge < -0.3 is 4.90 Å². The van der Waals surface area contributed by atoms with Gasteiger partial charge in [-0.25, -0.2) is 9.37 Å². The Labute approximate surface area is 178 Å². The van der Waals surface area contributed by atoms with Crippen molar-refractivity contribution in [3.05, 3.63) is 83.2 Å². The van der Waals surface area contributed by atoms with Gasteiger partial charge in [-0.15, -0.1) is 11.3 Å². The minimum absolute atomic E-state index is 0.0312. The number of carbonyl (C=O) groups is 1. The predicted molar refractivity (Wildman–Crippen MR) is 116 cm³/mol. The molecule has 7 heteroatoms. The summed E-state index contributed by atoms with van der Waals surface area (Å²) >= 11 is 1.45. The van der Waals surface area contributed by atoms with Gasteiger partial charge >= 0.3 is 0 Å². The summed E-state index contributed by atoms with van der Waals surface area (Å²) in [5.74, 6) is -0.245. The molecule has 5 rings (SSSR count). The smallest absolute Gasteiger partial charge is 0.271 e. The molecule has 4 aromatic rings. The van der Waals surface area contributed by atoms with Crippen LogP contribution < -0.4 is 0 Å². The van der Waals surface area contributed by atoms with Crippen molar-refractivity contribution in [3.8, 4) is 11.3 Å². The highest BCUT2D eigenvalue weighted by Gasteiger charge is 2.25. The lowest BCUT2D eigenvalue weighted by atomic mass is 10.2. The second kappa shape index (κ2) is 8.01. The molecule has 2 aromatic carbocycles. The lowest BCUT2D eigenvalue weighted by Gasteiger charge is -2.34. The number of carbonyl (C=O) groups excluding carboxylic acids is 1. The first-order valence-corrected chi connectivity index (χ1v) is 10.8. The van der Waals surface area contributed by atoms with Crippen LogP contribution in [-0.2, 0) is 6.54 Å². The van der Waals surface area contributed by atoms with E-state index in [9.17, 15) is 9.18 Å². The van der Waals surface area contributed by atoms with E-state index >= 15 is 0 Å². The third-order valence-electron chi connectivity index (χ3n) is 5.48. The minimum atomic E-state index is -0.276. The van der Waals surface area contributed by atoms with Crippen LogP contribution in [0.25, 0.3) is 16.2 Å². The average molecular weight is 421 g/mol. The van der Waals surface area contributed by atoms with Crippen LogP contribution in [0.15, 0.2) is 66.2 Å². The Bertz CT molecular complexity index is 1160. The second-order valence-corrected chi connectivity index (χ2v) is 8.30. The zero-order valence-corrected chi connectivity index (χ0v) is 17.2. The second-order valence-electron chi connectivity index (χ2n) is 7.46. The molecule has 0 atom stereocenters. The van der Waals surface area contributed by atoms with Gasteiger partial charge in [-0.05, 0) is 29.8 Å². The van der Waals surface area contributed by atoms with Crippen molar-refractivity contribution in [1.82, 2.24) is 19.2 Å². The topological polar surface area (TPSA) is 40.9 Å². The number of benzene rings is 2. The summed E-state index contributed by atoms with van der Waals surface area (Å²) in [4.78, 5) is 22.8. The van der Waals surface area contributed by atoms with Crippen LogP contribution in [-0.4, -0.2) is 51.3 Å². The van der Waals surface area contributed by atoms with E-state index in [-0.39, 0.29) is 11.7 Å². The third-order valence-corrected chi connectivity index (χ3v) is 6.32. The summed E-state index contributed by atoms with van der Waals surface area (Å²) in [6, 6.07) is 16.7. The summed E-state index contributed by atoms with van der Waals surface area (Å²) in [6.45, 7) is 4.05. The van der Waals surface area contributed by atoms with E-state index in [1.165, 1.54) is 29.0 Å². The molecule has 0 aliphatic carbocycles.